The third-order valence-corrected chi connectivity index (χ3v) is 3.63. The lowest BCUT2D eigenvalue weighted by molar-refractivity contribution is -0.144. The standard InChI is InChI=1S/C13H13F3O3/c14-6-4-9(15)11(10(16)5-6)12(17)7-2-1-3-8(7)13(18)19/h4-5,7-8,12,17H,1-3H2,(H,18,19). The molecule has 0 aliphatic heterocycles. The van der Waals surface area contributed by atoms with E-state index >= 15 is 0 Å². The molecule has 1 fully saturated rings. The molecule has 0 heterocycles. The first-order valence-electron chi connectivity index (χ1n) is 5.97. The van der Waals surface area contributed by atoms with E-state index in [4.69, 9.17) is 5.11 Å². The van der Waals surface area contributed by atoms with Gasteiger partial charge in [-0.05, 0) is 12.8 Å². The lowest BCUT2D eigenvalue weighted by Crippen LogP contribution is -2.25. The van der Waals surface area contributed by atoms with E-state index in [1.165, 1.54) is 0 Å². The van der Waals surface area contributed by atoms with Crippen LogP contribution in [0.2, 0.25) is 0 Å². The zero-order chi connectivity index (χ0) is 14.2. The summed E-state index contributed by atoms with van der Waals surface area (Å²) < 4.78 is 39.9. The van der Waals surface area contributed by atoms with Crippen molar-refractivity contribution in [3.05, 3.63) is 35.1 Å². The predicted octanol–water partition coefficient (Wildman–Crippen LogP) is 2.64. The second kappa shape index (κ2) is 5.21. The highest BCUT2D eigenvalue weighted by atomic mass is 19.1. The zero-order valence-corrected chi connectivity index (χ0v) is 9.94. The number of carbonyl (C=O) groups is 1. The molecular weight excluding hydrogens is 261 g/mol. The molecule has 0 bridgehead atoms. The van der Waals surface area contributed by atoms with Gasteiger partial charge in [-0.25, -0.2) is 13.2 Å². The van der Waals surface area contributed by atoms with Crippen LogP contribution in [0.5, 0.6) is 0 Å². The smallest absolute Gasteiger partial charge is 0.306 e. The van der Waals surface area contributed by atoms with Gasteiger partial charge in [0, 0.05) is 18.1 Å². The van der Waals surface area contributed by atoms with E-state index in [0.29, 0.717) is 31.4 Å². The summed E-state index contributed by atoms with van der Waals surface area (Å²) in [5.41, 5.74) is -0.653. The van der Waals surface area contributed by atoms with Crippen molar-refractivity contribution < 1.29 is 28.2 Å². The Morgan fingerprint density at radius 2 is 1.79 bits per heavy atom. The molecule has 2 rings (SSSR count). The molecule has 1 saturated carbocycles. The van der Waals surface area contributed by atoms with Crippen LogP contribution in [0.1, 0.15) is 30.9 Å². The van der Waals surface area contributed by atoms with E-state index < -0.39 is 46.9 Å². The lowest BCUT2D eigenvalue weighted by Gasteiger charge is -2.23. The summed E-state index contributed by atoms with van der Waals surface area (Å²) in [4.78, 5) is 11.0. The van der Waals surface area contributed by atoms with Gasteiger partial charge < -0.3 is 10.2 Å². The highest BCUT2D eigenvalue weighted by molar-refractivity contribution is 5.70. The van der Waals surface area contributed by atoms with E-state index in [1.807, 2.05) is 0 Å². The highest BCUT2D eigenvalue weighted by Gasteiger charge is 2.39. The van der Waals surface area contributed by atoms with Crippen molar-refractivity contribution in [1.82, 2.24) is 0 Å². The summed E-state index contributed by atoms with van der Waals surface area (Å²) in [5, 5.41) is 19.0. The third kappa shape index (κ3) is 2.58. The average Bonchev–Trinajstić information content (AvgIpc) is 2.75. The normalized spacial score (nSPS) is 24.4. The number of aliphatic carboxylic acids is 1. The summed E-state index contributed by atoms with van der Waals surface area (Å²) in [6.45, 7) is 0. The summed E-state index contributed by atoms with van der Waals surface area (Å²) in [6, 6.07) is 0.957. The monoisotopic (exact) mass is 274 g/mol. The largest absolute Gasteiger partial charge is 0.481 e. The van der Waals surface area contributed by atoms with Gasteiger partial charge in [0.1, 0.15) is 17.5 Å². The van der Waals surface area contributed by atoms with E-state index in [2.05, 4.69) is 0 Å². The molecule has 6 heteroatoms. The minimum atomic E-state index is -1.58. The van der Waals surface area contributed by atoms with Gasteiger partial charge in [0.15, 0.2) is 0 Å². The first kappa shape index (κ1) is 13.9. The predicted molar refractivity (Wildman–Crippen MR) is 59.7 cm³/mol. The number of aliphatic hydroxyl groups excluding tert-OH is 1. The molecule has 19 heavy (non-hydrogen) atoms. The molecule has 3 atom stereocenters. The minimum absolute atomic E-state index is 0.363. The van der Waals surface area contributed by atoms with E-state index in [1.54, 1.807) is 0 Å². The molecule has 2 N–H and O–H groups in total. The van der Waals surface area contributed by atoms with Crippen LogP contribution in [0.25, 0.3) is 0 Å². The van der Waals surface area contributed by atoms with Crippen molar-refractivity contribution in [1.29, 1.82) is 0 Å². The molecule has 0 radical (unpaired) electrons. The highest BCUT2D eigenvalue weighted by Crippen LogP contribution is 2.41. The fourth-order valence-corrected chi connectivity index (χ4v) is 2.72. The molecular formula is C13H13F3O3. The van der Waals surface area contributed by atoms with Gasteiger partial charge in [0.2, 0.25) is 0 Å². The zero-order valence-electron chi connectivity index (χ0n) is 9.94. The first-order valence-corrected chi connectivity index (χ1v) is 5.97. The van der Waals surface area contributed by atoms with Crippen LogP contribution in [0.15, 0.2) is 12.1 Å². The van der Waals surface area contributed by atoms with Crippen molar-refractivity contribution in [2.75, 3.05) is 0 Å². The number of rotatable bonds is 3. The summed E-state index contributed by atoms with van der Waals surface area (Å²) in [7, 11) is 0. The van der Waals surface area contributed by atoms with Crippen molar-refractivity contribution in [2.45, 2.75) is 25.4 Å². The Morgan fingerprint density at radius 3 is 2.32 bits per heavy atom. The number of hydrogen-bond acceptors (Lipinski definition) is 2. The fraction of sp³-hybridized carbons (Fsp3) is 0.462. The molecule has 0 saturated heterocycles. The van der Waals surface area contributed by atoms with Crippen molar-refractivity contribution in [3.63, 3.8) is 0 Å². The van der Waals surface area contributed by atoms with Crippen molar-refractivity contribution in [2.24, 2.45) is 11.8 Å². The van der Waals surface area contributed by atoms with Gasteiger partial charge >= 0.3 is 5.97 Å². The molecule has 1 aliphatic carbocycles. The second-order valence-corrected chi connectivity index (χ2v) is 4.77. The Morgan fingerprint density at radius 1 is 1.21 bits per heavy atom. The number of carboxylic acids is 1. The summed E-state index contributed by atoms with van der Waals surface area (Å²) in [6.07, 6.45) is -0.275. The number of hydrogen-bond donors (Lipinski definition) is 2. The van der Waals surface area contributed by atoms with Gasteiger partial charge in [-0.15, -0.1) is 0 Å². The fourth-order valence-electron chi connectivity index (χ4n) is 2.72. The Hall–Kier alpha value is -1.56. The molecule has 3 nitrogen and oxygen atoms in total. The van der Waals surface area contributed by atoms with Gasteiger partial charge in [-0.1, -0.05) is 6.42 Å². The van der Waals surface area contributed by atoms with Crippen LogP contribution in [-0.2, 0) is 4.79 Å². The molecule has 104 valence electrons. The van der Waals surface area contributed by atoms with Crippen LogP contribution in [0.3, 0.4) is 0 Å². The lowest BCUT2D eigenvalue weighted by atomic mass is 9.86. The maximum absolute atomic E-state index is 13.6. The minimum Gasteiger partial charge on any atom is -0.481 e. The van der Waals surface area contributed by atoms with E-state index in [0.717, 1.165) is 0 Å². The Kier molecular flexibility index (Phi) is 3.80. The SMILES string of the molecule is O=C(O)C1CCCC1C(O)c1c(F)cc(F)cc1F. The molecule has 1 aromatic carbocycles. The van der Waals surface area contributed by atoms with Gasteiger partial charge in [-0.2, -0.15) is 0 Å². The molecule has 0 aromatic heterocycles. The van der Waals surface area contributed by atoms with Crippen LogP contribution >= 0.6 is 0 Å². The Balaban J connectivity index is 2.34. The quantitative estimate of drug-likeness (QED) is 0.890. The number of halogens is 3. The Bertz CT molecular complexity index is 481. The van der Waals surface area contributed by atoms with Crippen LogP contribution in [-0.4, -0.2) is 16.2 Å². The van der Waals surface area contributed by atoms with Gasteiger partial charge in [0.25, 0.3) is 0 Å². The first-order chi connectivity index (χ1) is 8.91. The Labute approximate surface area is 107 Å². The maximum Gasteiger partial charge on any atom is 0.306 e. The average molecular weight is 274 g/mol. The van der Waals surface area contributed by atoms with Crippen LogP contribution in [0.4, 0.5) is 13.2 Å². The van der Waals surface area contributed by atoms with Gasteiger partial charge in [-0.3, -0.25) is 4.79 Å². The van der Waals surface area contributed by atoms with Crippen molar-refractivity contribution >= 4 is 5.97 Å². The third-order valence-electron chi connectivity index (χ3n) is 3.63. The van der Waals surface area contributed by atoms with E-state index in [-0.39, 0.29) is 0 Å². The van der Waals surface area contributed by atoms with E-state index in [9.17, 15) is 23.1 Å². The number of aliphatic hydroxyl groups is 1. The summed E-state index contributed by atoms with van der Waals surface area (Å²) in [5.74, 6) is -6.15. The molecule has 0 amide bonds. The van der Waals surface area contributed by atoms with Crippen molar-refractivity contribution in [3.8, 4) is 0 Å². The van der Waals surface area contributed by atoms with Gasteiger partial charge in [0.05, 0.1) is 17.6 Å². The number of carboxylic acid groups (broad SMARTS) is 1. The van der Waals surface area contributed by atoms with Crippen LogP contribution in [0, 0.1) is 29.3 Å². The summed E-state index contributed by atoms with van der Waals surface area (Å²) >= 11 is 0. The molecule has 1 aliphatic rings. The maximum atomic E-state index is 13.6. The van der Waals surface area contributed by atoms with Crippen LogP contribution < -0.4 is 0 Å². The molecule has 0 spiro atoms. The second-order valence-electron chi connectivity index (χ2n) is 4.77. The topological polar surface area (TPSA) is 57.5 Å². The molecule has 1 aromatic rings. The number of benzene rings is 1. The molecule has 3 unspecified atom stereocenters.